The van der Waals surface area contributed by atoms with E-state index in [1.165, 1.54) is 0 Å². The van der Waals surface area contributed by atoms with Gasteiger partial charge in [0.15, 0.2) is 0 Å². The first kappa shape index (κ1) is 17.6. The Hall–Kier alpha value is -2.17. The lowest BCUT2D eigenvalue weighted by molar-refractivity contribution is -0.123. The van der Waals surface area contributed by atoms with Crippen LogP contribution in [-0.2, 0) is 10.4 Å². The number of aliphatic hydroxyl groups is 1. The fraction of sp³-hybridized carbons (Fsp3) is 0.286. The standard InChI is InChI=1S/C21H23NO2S/c1-3-17(15-9-5-4-6-10-15)20(23)22-14-21(2,24)19-13-16-11-7-8-12-18(16)25-19/h4-13,17,24H,3,14H2,1-2H3,(H,22,23). The van der Waals surface area contributed by atoms with E-state index in [1.807, 2.05) is 67.6 Å². The molecule has 0 aliphatic heterocycles. The Morgan fingerprint density at radius 2 is 1.84 bits per heavy atom. The average Bonchev–Trinajstić information content (AvgIpc) is 3.07. The summed E-state index contributed by atoms with van der Waals surface area (Å²) in [4.78, 5) is 13.5. The van der Waals surface area contributed by atoms with Crippen LogP contribution in [0.4, 0.5) is 0 Å². The Bertz CT molecular complexity index is 821. The second kappa shape index (κ2) is 7.38. The third-order valence-electron chi connectivity index (χ3n) is 4.49. The SMILES string of the molecule is CCC(C(=O)NCC(C)(O)c1cc2ccccc2s1)c1ccccc1. The number of rotatable bonds is 6. The summed E-state index contributed by atoms with van der Waals surface area (Å²) in [6.07, 6.45) is 0.723. The molecular weight excluding hydrogens is 330 g/mol. The van der Waals surface area contributed by atoms with Crippen LogP contribution >= 0.6 is 11.3 Å². The normalized spacial score (nSPS) is 14.8. The summed E-state index contributed by atoms with van der Waals surface area (Å²) in [5, 5.41) is 14.9. The first-order valence-electron chi connectivity index (χ1n) is 8.55. The van der Waals surface area contributed by atoms with Gasteiger partial charge in [-0.3, -0.25) is 4.79 Å². The number of carbonyl (C=O) groups is 1. The molecule has 0 aliphatic rings. The number of hydrogen-bond acceptors (Lipinski definition) is 3. The molecule has 0 bridgehead atoms. The summed E-state index contributed by atoms with van der Waals surface area (Å²) in [5.74, 6) is -0.241. The lowest BCUT2D eigenvalue weighted by Gasteiger charge is -2.24. The fourth-order valence-corrected chi connectivity index (χ4v) is 4.08. The molecule has 3 rings (SSSR count). The number of amides is 1. The van der Waals surface area contributed by atoms with Gasteiger partial charge in [0.25, 0.3) is 0 Å². The molecule has 2 atom stereocenters. The van der Waals surface area contributed by atoms with E-state index in [0.29, 0.717) is 0 Å². The quantitative estimate of drug-likeness (QED) is 0.689. The lowest BCUT2D eigenvalue weighted by atomic mass is 9.95. The van der Waals surface area contributed by atoms with E-state index < -0.39 is 5.60 Å². The minimum atomic E-state index is -1.09. The summed E-state index contributed by atoms with van der Waals surface area (Å²) in [6.45, 7) is 3.95. The van der Waals surface area contributed by atoms with E-state index >= 15 is 0 Å². The van der Waals surface area contributed by atoms with Crippen LogP contribution in [0.1, 0.15) is 36.6 Å². The van der Waals surface area contributed by atoms with Crippen LogP contribution in [0.5, 0.6) is 0 Å². The molecule has 2 N–H and O–H groups in total. The second-order valence-corrected chi connectivity index (χ2v) is 7.60. The van der Waals surface area contributed by atoms with Crippen molar-refractivity contribution in [3.8, 4) is 0 Å². The summed E-state index contributed by atoms with van der Waals surface area (Å²) < 4.78 is 1.14. The number of fused-ring (bicyclic) bond motifs is 1. The number of benzene rings is 2. The van der Waals surface area contributed by atoms with Crippen molar-refractivity contribution in [2.45, 2.75) is 31.8 Å². The highest BCUT2D eigenvalue weighted by atomic mass is 32.1. The Morgan fingerprint density at radius 1 is 1.16 bits per heavy atom. The molecule has 0 aliphatic carbocycles. The molecule has 2 unspecified atom stereocenters. The van der Waals surface area contributed by atoms with Gasteiger partial charge in [0.05, 0.1) is 12.5 Å². The molecule has 0 spiro atoms. The minimum Gasteiger partial charge on any atom is -0.383 e. The predicted octanol–water partition coefficient (Wildman–Crippen LogP) is 4.42. The van der Waals surface area contributed by atoms with Crippen LogP contribution in [0.2, 0.25) is 0 Å². The van der Waals surface area contributed by atoms with Gasteiger partial charge in [0.1, 0.15) is 5.60 Å². The van der Waals surface area contributed by atoms with E-state index in [-0.39, 0.29) is 18.4 Å². The molecular formula is C21H23NO2S. The average molecular weight is 353 g/mol. The first-order valence-corrected chi connectivity index (χ1v) is 9.37. The van der Waals surface area contributed by atoms with Crippen molar-refractivity contribution >= 4 is 27.3 Å². The maximum absolute atomic E-state index is 12.6. The largest absolute Gasteiger partial charge is 0.383 e. The second-order valence-electron chi connectivity index (χ2n) is 6.51. The molecule has 3 aromatic rings. The van der Waals surface area contributed by atoms with Crippen molar-refractivity contribution in [1.29, 1.82) is 0 Å². The third-order valence-corrected chi connectivity index (χ3v) is 5.86. The van der Waals surface area contributed by atoms with Gasteiger partial charge in [-0.1, -0.05) is 55.5 Å². The molecule has 0 fully saturated rings. The highest BCUT2D eigenvalue weighted by molar-refractivity contribution is 7.19. The lowest BCUT2D eigenvalue weighted by Crippen LogP contribution is -2.40. The number of thiophene rings is 1. The summed E-state index contributed by atoms with van der Waals surface area (Å²) in [6, 6.07) is 19.8. The molecule has 1 aromatic heterocycles. The Kier molecular flexibility index (Phi) is 5.21. The zero-order valence-electron chi connectivity index (χ0n) is 14.5. The molecule has 1 amide bonds. The van der Waals surface area contributed by atoms with Crippen molar-refractivity contribution in [2.75, 3.05) is 6.54 Å². The van der Waals surface area contributed by atoms with Crippen molar-refractivity contribution in [3.05, 3.63) is 71.1 Å². The van der Waals surface area contributed by atoms with Gasteiger partial charge in [-0.15, -0.1) is 11.3 Å². The number of nitrogens with one attached hydrogen (secondary N) is 1. The van der Waals surface area contributed by atoms with Crippen LogP contribution in [0.3, 0.4) is 0 Å². The summed E-state index contributed by atoms with van der Waals surface area (Å²) in [5.41, 5.74) is -0.0853. The monoisotopic (exact) mass is 353 g/mol. The fourth-order valence-electron chi connectivity index (χ4n) is 2.97. The molecule has 130 valence electrons. The summed E-state index contributed by atoms with van der Waals surface area (Å²) in [7, 11) is 0. The van der Waals surface area contributed by atoms with Crippen LogP contribution in [-0.4, -0.2) is 17.6 Å². The molecule has 0 saturated carbocycles. The summed E-state index contributed by atoms with van der Waals surface area (Å²) >= 11 is 1.57. The van der Waals surface area contributed by atoms with Gasteiger partial charge in [0, 0.05) is 9.58 Å². The van der Waals surface area contributed by atoms with Crippen LogP contribution < -0.4 is 5.32 Å². The number of hydrogen-bond donors (Lipinski definition) is 2. The molecule has 25 heavy (non-hydrogen) atoms. The van der Waals surface area contributed by atoms with Crippen LogP contribution in [0.15, 0.2) is 60.7 Å². The van der Waals surface area contributed by atoms with E-state index in [9.17, 15) is 9.90 Å². The van der Waals surface area contributed by atoms with Gasteiger partial charge in [-0.2, -0.15) is 0 Å². The number of carbonyl (C=O) groups excluding carboxylic acids is 1. The van der Waals surface area contributed by atoms with Gasteiger partial charge in [-0.05, 0) is 36.4 Å². The van der Waals surface area contributed by atoms with E-state index in [2.05, 4.69) is 5.32 Å². The van der Waals surface area contributed by atoms with Gasteiger partial charge in [-0.25, -0.2) is 0 Å². The molecule has 3 nitrogen and oxygen atoms in total. The molecule has 0 saturated heterocycles. The van der Waals surface area contributed by atoms with Crippen molar-refractivity contribution in [2.24, 2.45) is 0 Å². The first-order chi connectivity index (χ1) is 12.0. The van der Waals surface area contributed by atoms with Crippen molar-refractivity contribution < 1.29 is 9.90 Å². The van der Waals surface area contributed by atoms with Gasteiger partial charge < -0.3 is 10.4 Å². The Labute approximate surface area is 152 Å². The maximum atomic E-state index is 12.6. The third kappa shape index (κ3) is 3.91. The topological polar surface area (TPSA) is 49.3 Å². The van der Waals surface area contributed by atoms with Crippen LogP contribution in [0.25, 0.3) is 10.1 Å². The van der Waals surface area contributed by atoms with Crippen LogP contribution in [0, 0.1) is 0 Å². The van der Waals surface area contributed by atoms with E-state index in [4.69, 9.17) is 0 Å². The van der Waals surface area contributed by atoms with Gasteiger partial charge in [0.2, 0.25) is 5.91 Å². The maximum Gasteiger partial charge on any atom is 0.227 e. The zero-order chi connectivity index (χ0) is 17.9. The minimum absolute atomic E-state index is 0.0462. The van der Waals surface area contributed by atoms with Crippen molar-refractivity contribution in [3.63, 3.8) is 0 Å². The molecule has 4 heteroatoms. The zero-order valence-corrected chi connectivity index (χ0v) is 15.3. The van der Waals surface area contributed by atoms with E-state index in [0.717, 1.165) is 26.9 Å². The highest BCUT2D eigenvalue weighted by Gasteiger charge is 2.28. The smallest absolute Gasteiger partial charge is 0.227 e. The Balaban J connectivity index is 1.71. The van der Waals surface area contributed by atoms with Gasteiger partial charge >= 0.3 is 0 Å². The molecule has 1 heterocycles. The molecule has 2 aromatic carbocycles. The predicted molar refractivity (Wildman–Crippen MR) is 104 cm³/mol. The Morgan fingerprint density at radius 3 is 2.52 bits per heavy atom. The molecule has 0 radical (unpaired) electrons. The highest BCUT2D eigenvalue weighted by Crippen LogP contribution is 2.33. The van der Waals surface area contributed by atoms with E-state index in [1.54, 1.807) is 18.3 Å². The van der Waals surface area contributed by atoms with Crippen molar-refractivity contribution in [1.82, 2.24) is 5.32 Å².